The first-order valence-electron chi connectivity index (χ1n) is 9.60. The highest BCUT2D eigenvalue weighted by Gasteiger charge is 2.20. The summed E-state index contributed by atoms with van der Waals surface area (Å²) in [6, 6.07) is 5.71. The van der Waals surface area contributed by atoms with Gasteiger partial charge in [0.05, 0.1) is 12.0 Å². The lowest BCUT2D eigenvalue weighted by Crippen LogP contribution is -2.52. The Morgan fingerprint density at radius 2 is 2.11 bits per heavy atom. The Morgan fingerprint density at radius 3 is 2.79 bits per heavy atom. The number of aliphatic imine (C=N–C) groups is 1. The van der Waals surface area contributed by atoms with Crippen molar-refractivity contribution in [2.24, 2.45) is 4.99 Å². The molecule has 0 saturated carbocycles. The molecular formula is C19H30IN5O3. The number of guanidine groups is 1. The Bertz CT molecular complexity index is 655. The minimum atomic E-state index is 0. The van der Waals surface area contributed by atoms with Crippen molar-refractivity contribution in [1.82, 2.24) is 20.3 Å². The predicted octanol–water partition coefficient (Wildman–Crippen LogP) is 2.58. The van der Waals surface area contributed by atoms with Gasteiger partial charge >= 0.3 is 0 Å². The van der Waals surface area contributed by atoms with Crippen LogP contribution in [0.3, 0.4) is 0 Å². The lowest BCUT2D eigenvalue weighted by atomic mass is 10.3. The highest BCUT2D eigenvalue weighted by molar-refractivity contribution is 14.0. The van der Waals surface area contributed by atoms with Crippen LogP contribution in [-0.4, -0.2) is 66.8 Å². The summed E-state index contributed by atoms with van der Waals surface area (Å²) in [6.07, 6.45) is 4.18. The van der Waals surface area contributed by atoms with E-state index >= 15 is 0 Å². The monoisotopic (exact) mass is 503 g/mol. The number of piperazine rings is 1. The first kappa shape index (κ1) is 22.7. The molecule has 0 aliphatic carbocycles. The van der Waals surface area contributed by atoms with Gasteiger partial charge in [-0.25, -0.2) is 0 Å². The van der Waals surface area contributed by atoms with E-state index in [0.29, 0.717) is 13.2 Å². The Labute approximate surface area is 183 Å². The van der Waals surface area contributed by atoms with E-state index < -0.39 is 0 Å². The van der Waals surface area contributed by atoms with Gasteiger partial charge in [-0.05, 0) is 25.5 Å². The van der Waals surface area contributed by atoms with Crippen LogP contribution in [0.25, 0.3) is 0 Å². The predicted molar refractivity (Wildman–Crippen MR) is 118 cm³/mol. The smallest absolute Gasteiger partial charge is 0.194 e. The highest BCUT2D eigenvalue weighted by Crippen LogP contribution is 2.07. The number of hydrogen-bond acceptors (Lipinski definition) is 6. The van der Waals surface area contributed by atoms with Crippen LogP contribution in [0.1, 0.15) is 24.8 Å². The van der Waals surface area contributed by atoms with Crippen molar-refractivity contribution in [3.63, 3.8) is 0 Å². The second-order valence-corrected chi connectivity index (χ2v) is 6.48. The van der Waals surface area contributed by atoms with Gasteiger partial charge in [0.1, 0.15) is 18.6 Å². The van der Waals surface area contributed by atoms with Gasteiger partial charge in [-0.3, -0.25) is 9.89 Å². The molecule has 1 aliphatic heterocycles. The fourth-order valence-corrected chi connectivity index (χ4v) is 3.01. The van der Waals surface area contributed by atoms with Crippen molar-refractivity contribution in [2.45, 2.75) is 26.5 Å². The molecule has 1 saturated heterocycles. The van der Waals surface area contributed by atoms with Crippen LogP contribution in [0.2, 0.25) is 0 Å². The molecular weight excluding hydrogens is 473 g/mol. The van der Waals surface area contributed by atoms with E-state index in [4.69, 9.17) is 18.7 Å². The summed E-state index contributed by atoms with van der Waals surface area (Å²) in [5, 5.41) is 7.39. The number of nitrogens with one attached hydrogen (secondary N) is 1. The van der Waals surface area contributed by atoms with Crippen LogP contribution in [0, 0.1) is 0 Å². The highest BCUT2D eigenvalue weighted by atomic mass is 127. The van der Waals surface area contributed by atoms with Gasteiger partial charge in [-0.1, -0.05) is 5.16 Å². The SMILES string of the molecule is CCNC(=NCCCOCc1ccco1)N1CCN(Cc2ccon2)CC1.I. The molecule has 1 N–H and O–H groups in total. The van der Waals surface area contributed by atoms with Gasteiger partial charge in [0, 0.05) is 58.5 Å². The first-order valence-corrected chi connectivity index (χ1v) is 9.60. The van der Waals surface area contributed by atoms with E-state index in [0.717, 1.165) is 69.6 Å². The largest absolute Gasteiger partial charge is 0.467 e. The molecule has 0 atom stereocenters. The molecule has 1 aliphatic rings. The van der Waals surface area contributed by atoms with Crippen molar-refractivity contribution in [2.75, 3.05) is 45.9 Å². The van der Waals surface area contributed by atoms with Crippen molar-refractivity contribution >= 4 is 29.9 Å². The maximum Gasteiger partial charge on any atom is 0.194 e. The number of hydrogen-bond donors (Lipinski definition) is 1. The first-order chi connectivity index (χ1) is 13.3. The molecule has 0 unspecified atom stereocenters. The van der Waals surface area contributed by atoms with Crippen LogP contribution in [0.4, 0.5) is 0 Å². The van der Waals surface area contributed by atoms with Crippen LogP contribution >= 0.6 is 24.0 Å². The Morgan fingerprint density at radius 1 is 1.25 bits per heavy atom. The van der Waals surface area contributed by atoms with Gasteiger partial charge in [-0.15, -0.1) is 24.0 Å². The third-order valence-electron chi connectivity index (χ3n) is 4.42. The van der Waals surface area contributed by atoms with E-state index in [1.807, 2.05) is 18.2 Å². The number of rotatable bonds is 9. The van der Waals surface area contributed by atoms with E-state index in [2.05, 4.69) is 27.2 Å². The normalized spacial score (nSPS) is 15.5. The minimum Gasteiger partial charge on any atom is -0.467 e. The summed E-state index contributed by atoms with van der Waals surface area (Å²) in [5.74, 6) is 1.85. The van der Waals surface area contributed by atoms with E-state index in [1.54, 1.807) is 12.5 Å². The van der Waals surface area contributed by atoms with E-state index in [1.165, 1.54) is 0 Å². The van der Waals surface area contributed by atoms with E-state index in [-0.39, 0.29) is 24.0 Å². The lowest BCUT2D eigenvalue weighted by Gasteiger charge is -2.36. The van der Waals surface area contributed by atoms with Crippen LogP contribution in [0.5, 0.6) is 0 Å². The third kappa shape index (κ3) is 7.44. The zero-order valence-electron chi connectivity index (χ0n) is 16.4. The maximum absolute atomic E-state index is 5.61. The summed E-state index contributed by atoms with van der Waals surface area (Å²) < 4.78 is 15.8. The Kier molecular flexibility index (Phi) is 10.4. The van der Waals surface area contributed by atoms with Gasteiger partial charge < -0.3 is 23.9 Å². The van der Waals surface area contributed by atoms with Crippen molar-refractivity contribution < 1.29 is 13.7 Å². The molecule has 3 rings (SSSR count). The van der Waals surface area contributed by atoms with Crippen LogP contribution in [0.15, 0.2) is 44.7 Å². The molecule has 3 heterocycles. The van der Waals surface area contributed by atoms with Crippen molar-refractivity contribution in [3.05, 3.63) is 42.2 Å². The molecule has 8 nitrogen and oxygen atoms in total. The molecule has 156 valence electrons. The molecule has 0 radical (unpaired) electrons. The average Bonchev–Trinajstić information content (AvgIpc) is 3.38. The fourth-order valence-electron chi connectivity index (χ4n) is 3.01. The molecule has 0 aromatic carbocycles. The van der Waals surface area contributed by atoms with Crippen LogP contribution < -0.4 is 5.32 Å². The molecule has 2 aromatic rings. The lowest BCUT2D eigenvalue weighted by molar-refractivity contribution is 0.105. The number of ether oxygens (including phenoxy) is 1. The number of nitrogens with zero attached hydrogens (tertiary/aromatic N) is 4. The van der Waals surface area contributed by atoms with Crippen LogP contribution in [-0.2, 0) is 17.9 Å². The number of furan rings is 1. The zero-order chi connectivity index (χ0) is 18.7. The maximum atomic E-state index is 5.61. The van der Waals surface area contributed by atoms with Gasteiger partial charge in [0.15, 0.2) is 5.96 Å². The Hall–Kier alpha value is -1.59. The van der Waals surface area contributed by atoms with E-state index in [9.17, 15) is 0 Å². The fraction of sp³-hybridized carbons (Fsp3) is 0.579. The Balaban J connectivity index is 0.00000280. The minimum absolute atomic E-state index is 0. The molecule has 0 spiro atoms. The van der Waals surface area contributed by atoms with Gasteiger partial charge in [-0.2, -0.15) is 0 Å². The number of aromatic nitrogens is 1. The molecule has 28 heavy (non-hydrogen) atoms. The summed E-state index contributed by atoms with van der Waals surface area (Å²) in [7, 11) is 0. The number of halogens is 1. The summed E-state index contributed by atoms with van der Waals surface area (Å²) in [6.45, 7) is 9.64. The van der Waals surface area contributed by atoms with Crippen molar-refractivity contribution in [1.29, 1.82) is 0 Å². The van der Waals surface area contributed by atoms with Gasteiger partial charge in [0.2, 0.25) is 0 Å². The third-order valence-corrected chi connectivity index (χ3v) is 4.42. The molecule has 9 heteroatoms. The molecule has 1 fully saturated rings. The zero-order valence-corrected chi connectivity index (χ0v) is 18.7. The molecule has 2 aromatic heterocycles. The topological polar surface area (TPSA) is 79.3 Å². The molecule has 0 amide bonds. The molecule has 0 bridgehead atoms. The second kappa shape index (κ2) is 12.8. The summed E-state index contributed by atoms with van der Waals surface area (Å²) in [5.41, 5.74) is 0.985. The quantitative estimate of drug-likeness (QED) is 0.244. The summed E-state index contributed by atoms with van der Waals surface area (Å²) in [4.78, 5) is 9.47. The average molecular weight is 503 g/mol. The summed E-state index contributed by atoms with van der Waals surface area (Å²) >= 11 is 0. The van der Waals surface area contributed by atoms with Crippen molar-refractivity contribution in [3.8, 4) is 0 Å². The van der Waals surface area contributed by atoms with Gasteiger partial charge in [0.25, 0.3) is 0 Å². The second-order valence-electron chi connectivity index (χ2n) is 6.48. The standard InChI is InChI=1S/C19H29N5O3.HI/c1-2-20-19(21-7-4-12-25-16-18-5-3-13-26-18)24-10-8-23(9-11-24)15-17-6-14-27-22-17;/h3,5-6,13-14H,2,4,7-12,15-16H2,1H3,(H,20,21);1H.